The Morgan fingerprint density at radius 1 is 1.44 bits per heavy atom. The van der Waals surface area contributed by atoms with E-state index < -0.39 is 17.7 Å². The van der Waals surface area contributed by atoms with Crippen molar-refractivity contribution in [3.8, 4) is 0 Å². The zero-order chi connectivity index (χ0) is 13.3. The number of ether oxygens (including phenoxy) is 1. The summed E-state index contributed by atoms with van der Waals surface area (Å²) in [5.74, 6) is -2.06. The number of pyridine rings is 1. The van der Waals surface area contributed by atoms with Crippen LogP contribution in [0.5, 0.6) is 0 Å². The zero-order valence-electron chi connectivity index (χ0n) is 9.34. The quantitative estimate of drug-likeness (QED) is 0.631. The largest absolute Gasteiger partial charge is 0.469 e. The molecule has 94 valence electrons. The SMILES string of the molecule is COC(=O)Cc1ccc2nc(F)c(Br)c(F)c2c1. The average Bonchev–Trinajstić information content (AvgIpc) is 2.37. The number of carbonyl (C=O) groups is 1. The number of esters is 1. The number of nitrogens with zero attached hydrogens (tertiary/aromatic N) is 1. The highest BCUT2D eigenvalue weighted by atomic mass is 79.9. The average molecular weight is 316 g/mol. The van der Waals surface area contributed by atoms with Gasteiger partial charge in [0, 0.05) is 5.39 Å². The summed E-state index contributed by atoms with van der Waals surface area (Å²) < 4.78 is 31.2. The third-order valence-corrected chi connectivity index (χ3v) is 3.14. The summed E-state index contributed by atoms with van der Waals surface area (Å²) in [6.07, 6.45) is 0.0286. The standard InChI is InChI=1S/C12H8BrF2NO2/c1-18-9(17)5-6-2-3-8-7(4-6)11(14)10(13)12(15)16-8/h2-4H,5H2,1H3. The number of methoxy groups -OCH3 is 1. The Hall–Kier alpha value is -1.56. The summed E-state index contributed by atoms with van der Waals surface area (Å²) >= 11 is 2.79. The summed E-state index contributed by atoms with van der Waals surface area (Å²) in [5.41, 5.74) is 0.773. The smallest absolute Gasteiger partial charge is 0.309 e. The maximum absolute atomic E-state index is 13.8. The van der Waals surface area contributed by atoms with Gasteiger partial charge in [0.2, 0.25) is 5.95 Å². The number of hydrogen-bond acceptors (Lipinski definition) is 3. The van der Waals surface area contributed by atoms with Gasteiger partial charge < -0.3 is 4.74 Å². The van der Waals surface area contributed by atoms with Gasteiger partial charge in [0.15, 0.2) is 5.82 Å². The molecule has 0 aliphatic rings. The number of hydrogen-bond donors (Lipinski definition) is 0. The molecule has 0 aliphatic carbocycles. The third-order valence-electron chi connectivity index (χ3n) is 2.47. The minimum Gasteiger partial charge on any atom is -0.469 e. The molecule has 6 heteroatoms. The van der Waals surface area contributed by atoms with Crippen LogP contribution in [0.2, 0.25) is 0 Å². The van der Waals surface area contributed by atoms with E-state index in [9.17, 15) is 13.6 Å². The van der Waals surface area contributed by atoms with Gasteiger partial charge in [-0.1, -0.05) is 6.07 Å². The molecule has 3 nitrogen and oxygen atoms in total. The highest BCUT2D eigenvalue weighted by molar-refractivity contribution is 9.10. The molecule has 2 aromatic rings. The molecule has 0 aliphatic heterocycles. The van der Waals surface area contributed by atoms with Crippen LogP contribution < -0.4 is 0 Å². The van der Waals surface area contributed by atoms with Gasteiger partial charge in [-0.3, -0.25) is 4.79 Å². The van der Waals surface area contributed by atoms with Crippen molar-refractivity contribution in [2.24, 2.45) is 0 Å². The van der Waals surface area contributed by atoms with Crippen LogP contribution in [0.4, 0.5) is 8.78 Å². The van der Waals surface area contributed by atoms with Crippen molar-refractivity contribution in [3.05, 3.63) is 40.0 Å². The van der Waals surface area contributed by atoms with E-state index in [1.807, 2.05) is 0 Å². The van der Waals surface area contributed by atoms with Crippen molar-refractivity contribution in [2.45, 2.75) is 6.42 Å². The topological polar surface area (TPSA) is 39.2 Å². The molecule has 0 saturated carbocycles. The summed E-state index contributed by atoms with van der Waals surface area (Å²) in [7, 11) is 1.28. The van der Waals surface area contributed by atoms with Gasteiger partial charge in [-0.25, -0.2) is 9.37 Å². The van der Waals surface area contributed by atoms with Crippen molar-refractivity contribution in [1.82, 2.24) is 4.98 Å². The Bertz CT molecular complexity index is 631. The number of rotatable bonds is 2. The Labute approximate surface area is 110 Å². The van der Waals surface area contributed by atoms with Crippen LogP contribution in [0.1, 0.15) is 5.56 Å². The van der Waals surface area contributed by atoms with Gasteiger partial charge >= 0.3 is 5.97 Å². The van der Waals surface area contributed by atoms with Crippen LogP contribution in [0.3, 0.4) is 0 Å². The molecule has 18 heavy (non-hydrogen) atoms. The van der Waals surface area contributed by atoms with Crippen molar-refractivity contribution < 1.29 is 18.3 Å². The normalized spacial score (nSPS) is 10.7. The molecule has 0 saturated heterocycles. The summed E-state index contributed by atoms with van der Waals surface area (Å²) in [6.45, 7) is 0. The molecule has 0 bridgehead atoms. The number of benzene rings is 1. The molecule has 1 heterocycles. The van der Waals surface area contributed by atoms with Crippen molar-refractivity contribution in [2.75, 3.05) is 7.11 Å². The predicted molar refractivity (Wildman–Crippen MR) is 65.1 cm³/mol. The fourth-order valence-corrected chi connectivity index (χ4v) is 1.87. The second kappa shape index (κ2) is 4.97. The summed E-state index contributed by atoms with van der Waals surface area (Å²) in [4.78, 5) is 14.7. The van der Waals surface area contributed by atoms with Crippen LogP contribution in [0.25, 0.3) is 10.9 Å². The number of aromatic nitrogens is 1. The van der Waals surface area contributed by atoms with Crippen LogP contribution in [0.15, 0.2) is 22.7 Å². The highest BCUT2D eigenvalue weighted by Gasteiger charge is 2.14. The van der Waals surface area contributed by atoms with E-state index in [0.29, 0.717) is 5.56 Å². The minimum absolute atomic E-state index is 0.0286. The lowest BCUT2D eigenvalue weighted by Crippen LogP contribution is -2.04. The molecular formula is C12H8BrF2NO2. The molecule has 1 aromatic carbocycles. The fourth-order valence-electron chi connectivity index (χ4n) is 1.57. The van der Waals surface area contributed by atoms with Crippen molar-refractivity contribution in [3.63, 3.8) is 0 Å². The van der Waals surface area contributed by atoms with Crippen LogP contribution in [0, 0.1) is 11.8 Å². The van der Waals surface area contributed by atoms with Gasteiger partial charge in [-0.15, -0.1) is 0 Å². The Morgan fingerprint density at radius 3 is 2.83 bits per heavy atom. The van der Waals surface area contributed by atoms with Gasteiger partial charge in [0.25, 0.3) is 0 Å². The molecular weight excluding hydrogens is 308 g/mol. The van der Waals surface area contributed by atoms with E-state index in [2.05, 4.69) is 25.7 Å². The van der Waals surface area contributed by atoms with Crippen LogP contribution in [-0.4, -0.2) is 18.1 Å². The predicted octanol–water partition coefficient (Wildman–Crippen LogP) is 2.99. The lowest BCUT2D eigenvalue weighted by molar-refractivity contribution is -0.139. The first kappa shape index (κ1) is 12.9. The second-order valence-electron chi connectivity index (χ2n) is 3.63. The van der Waals surface area contributed by atoms with Gasteiger partial charge in [0.1, 0.15) is 4.47 Å². The van der Waals surface area contributed by atoms with Crippen LogP contribution >= 0.6 is 15.9 Å². The van der Waals surface area contributed by atoms with E-state index in [0.717, 1.165) is 0 Å². The third kappa shape index (κ3) is 2.33. The first-order valence-electron chi connectivity index (χ1n) is 5.03. The van der Waals surface area contributed by atoms with E-state index in [-0.39, 0.29) is 21.8 Å². The number of carbonyl (C=O) groups excluding carboxylic acids is 1. The lowest BCUT2D eigenvalue weighted by atomic mass is 10.1. The van der Waals surface area contributed by atoms with Gasteiger partial charge in [0.05, 0.1) is 19.0 Å². The maximum atomic E-state index is 13.8. The molecule has 0 radical (unpaired) electrons. The minimum atomic E-state index is -0.902. The molecule has 0 unspecified atom stereocenters. The molecule has 1 aromatic heterocycles. The summed E-state index contributed by atoms with van der Waals surface area (Å²) in [5, 5.41) is 0.157. The Kier molecular flexibility index (Phi) is 3.56. The first-order chi connectivity index (χ1) is 8.52. The highest BCUT2D eigenvalue weighted by Crippen LogP contribution is 2.26. The Balaban J connectivity index is 2.54. The summed E-state index contributed by atoms with van der Waals surface area (Å²) in [6, 6.07) is 4.50. The molecule has 2 rings (SSSR count). The van der Waals surface area contributed by atoms with Crippen molar-refractivity contribution in [1.29, 1.82) is 0 Å². The van der Waals surface area contributed by atoms with Gasteiger partial charge in [-0.2, -0.15) is 4.39 Å². The maximum Gasteiger partial charge on any atom is 0.309 e. The molecule has 0 N–H and O–H groups in total. The van der Waals surface area contributed by atoms with Crippen LogP contribution in [-0.2, 0) is 16.0 Å². The first-order valence-corrected chi connectivity index (χ1v) is 5.82. The second-order valence-corrected chi connectivity index (χ2v) is 4.43. The zero-order valence-corrected chi connectivity index (χ0v) is 10.9. The fraction of sp³-hybridized carbons (Fsp3) is 0.167. The molecule has 0 fully saturated rings. The Morgan fingerprint density at radius 2 is 2.17 bits per heavy atom. The molecule has 0 amide bonds. The number of fused-ring (bicyclic) bond motifs is 1. The van der Waals surface area contributed by atoms with E-state index in [4.69, 9.17) is 0 Å². The number of halogens is 3. The van der Waals surface area contributed by atoms with E-state index >= 15 is 0 Å². The van der Waals surface area contributed by atoms with E-state index in [1.54, 1.807) is 6.07 Å². The molecule has 0 atom stereocenters. The van der Waals surface area contributed by atoms with Gasteiger partial charge in [-0.05, 0) is 33.6 Å². The van der Waals surface area contributed by atoms with E-state index in [1.165, 1.54) is 19.2 Å². The van der Waals surface area contributed by atoms with Crippen molar-refractivity contribution >= 4 is 32.8 Å². The molecule has 0 spiro atoms. The lowest BCUT2D eigenvalue weighted by Gasteiger charge is -2.05. The monoisotopic (exact) mass is 315 g/mol.